The van der Waals surface area contributed by atoms with E-state index >= 15 is 0 Å². The topological polar surface area (TPSA) is 72.9 Å². The van der Waals surface area contributed by atoms with Gasteiger partial charge in [-0.25, -0.2) is 4.79 Å². The highest BCUT2D eigenvalue weighted by Gasteiger charge is 2.26. The zero-order chi connectivity index (χ0) is 18.9. The summed E-state index contributed by atoms with van der Waals surface area (Å²) < 4.78 is 64.0. The first kappa shape index (κ1) is 11.0. The number of carbonyl (C=O) groups is 1. The lowest BCUT2D eigenvalue weighted by molar-refractivity contribution is 0.0661. The molecule has 1 aliphatic rings. The third kappa shape index (κ3) is 5.35. The first-order valence-electron chi connectivity index (χ1n) is 8.25. The van der Waals surface area contributed by atoms with Crippen LogP contribution in [0.25, 0.3) is 0 Å². The van der Waals surface area contributed by atoms with Crippen molar-refractivity contribution in [1.29, 1.82) is 0 Å². The van der Waals surface area contributed by atoms with Crippen molar-refractivity contribution in [1.82, 2.24) is 4.90 Å². The fourth-order valence-corrected chi connectivity index (χ4v) is 2.18. The molecule has 0 aromatic heterocycles. The molecule has 6 nitrogen and oxygen atoms in total. The summed E-state index contributed by atoms with van der Waals surface area (Å²) in [5, 5.41) is 0. The summed E-state index contributed by atoms with van der Waals surface area (Å²) in [6, 6.07) is 8.85. The predicted octanol–water partition coefficient (Wildman–Crippen LogP) is 1.76. The fourth-order valence-electron chi connectivity index (χ4n) is 1.70. The summed E-state index contributed by atoms with van der Waals surface area (Å²) in [6.45, 7) is -1.12. The molecule has 1 amide bonds. The molecule has 0 spiro atoms. The molecule has 0 saturated carbocycles. The lowest BCUT2D eigenvalue weighted by Crippen LogP contribution is -2.41. The van der Waals surface area contributed by atoms with Gasteiger partial charge in [-0.1, -0.05) is 30.3 Å². The molecule has 1 aliphatic heterocycles. The molecule has 0 aliphatic carbocycles. The summed E-state index contributed by atoms with van der Waals surface area (Å²) in [5.74, 6) is 0. The van der Waals surface area contributed by atoms with Crippen molar-refractivity contribution in [2.24, 2.45) is 0 Å². The first-order valence-corrected chi connectivity index (χ1v) is 8.06. The smallest absolute Gasteiger partial charge is 0.410 e. The molecule has 1 fully saturated rings. The zero-order valence-electron chi connectivity index (χ0n) is 15.5. The maximum absolute atomic E-state index is 12.2. The number of likely N-dealkylation sites (tertiary alicyclic amines) is 1. The second-order valence-corrected chi connectivity index (χ2v) is 6.09. The molecule has 1 aromatic carbocycles. The minimum atomic E-state index is -4.06. The third-order valence-electron chi connectivity index (χ3n) is 2.67. The molecule has 21 heavy (non-hydrogen) atoms. The Labute approximate surface area is 130 Å². The Bertz CT molecular complexity index is 708. The van der Waals surface area contributed by atoms with Crippen LogP contribution in [0.5, 0.6) is 0 Å². The Kier molecular flexibility index (Phi) is 3.63. The SMILES string of the molecule is [2H]C1([2H])CN(C(=O)OCc2ccccc2)CC([2H])([2H])C1OS(C)(=O)=O. The molecule has 1 aromatic rings. The van der Waals surface area contributed by atoms with Gasteiger partial charge in [-0.2, -0.15) is 8.42 Å². The fraction of sp³-hybridized carbons (Fsp3) is 0.500. The summed E-state index contributed by atoms with van der Waals surface area (Å²) >= 11 is 0. The Morgan fingerprint density at radius 2 is 1.95 bits per heavy atom. The van der Waals surface area contributed by atoms with E-state index in [-0.39, 0.29) is 6.61 Å². The quantitative estimate of drug-likeness (QED) is 0.791. The molecular weight excluding hydrogens is 294 g/mol. The first-order chi connectivity index (χ1) is 11.4. The number of piperidine rings is 1. The van der Waals surface area contributed by atoms with E-state index in [9.17, 15) is 13.2 Å². The molecule has 0 radical (unpaired) electrons. The number of benzene rings is 1. The minimum Gasteiger partial charge on any atom is -0.445 e. The highest BCUT2D eigenvalue weighted by atomic mass is 32.2. The van der Waals surface area contributed by atoms with E-state index in [4.69, 9.17) is 10.2 Å². The van der Waals surface area contributed by atoms with Crippen molar-refractivity contribution in [3.63, 3.8) is 0 Å². The van der Waals surface area contributed by atoms with E-state index in [0.717, 1.165) is 16.7 Å². The monoisotopic (exact) mass is 317 g/mol. The number of rotatable bonds is 4. The maximum atomic E-state index is 12.2. The molecule has 2 rings (SSSR count). The third-order valence-corrected chi connectivity index (χ3v) is 3.21. The largest absolute Gasteiger partial charge is 0.445 e. The normalized spacial score (nSPS) is 24.3. The van der Waals surface area contributed by atoms with Crippen LogP contribution >= 0.6 is 0 Å². The summed E-state index contributed by atoms with van der Waals surface area (Å²) in [5.41, 5.74) is 0.733. The van der Waals surface area contributed by atoms with Crippen LogP contribution in [-0.2, 0) is 25.6 Å². The molecule has 0 bridgehead atoms. The van der Waals surface area contributed by atoms with Crippen LogP contribution in [-0.4, -0.2) is 44.9 Å². The lowest BCUT2D eigenvalue weighted by Gasteiger charge is -2.30. The number of hydrogen-bond acceptors (Lipinski definition) is 5. The van der Waals surface area contributed by atoms with E-state index in [1.807, 2.05) is 0 Å². The number of nitrogens with zero attached hydrogens (tertiary/aromatic N) is 1. The van der Waals surface area contributed by atoms with Crippen LogP contribution in [0.1, 0.15) is 23.8 Å². The van der Waals surface area contributed by atoms with Crippen LogP contribution in [0.2, 0.25) is 0 Å². The maximum Gasteiger partial charge on any atom is 0.410 e. The molecule has 0 N–H and O–H groups in total. The van der Waals surface area contributed by atoms with Crippen molar-refractivity contribution in [3.05, 3.63) is 35.9 Å². The lowest BCUT2D eigenvalue weighted by atomic mass is 10.1. The van der Waals surface area contributed by atoms with Crippen LogP contribution in [0.15, 0.2) is 30.3 Å². The average molecular weight is 317 g/mol. The van der Waals surface area contributed by atoms with Gasteiger partial charge in [0.1, 0.15) is 6.61 Å². The van der Waals surface area contributed by atoms with Gasteiger partial charge in [-0.3, -0.25) is 4.18 Å². The van der Waals surface area contributed by atoms with Gasteiger partial charge in [0.15, 0.2) is 0 Å². The van der Waals surface area contributed by atoms with Gasteiger partial charge in [0.05, 0.1) is 12.4 Å². The highest BCUT2D eigenvalue weighted by Crippen LogP contribution is 2.16. The standard InChI is InChI=1S/C14H19NO5S/c1-21(17,18)20-13-7-9-15(10-8-13)14(16)19-11-12-5-3-2-4-6-12/h2-6,13H,7-11H2,1H3/i7D2,8D2. The molecule has 116 valence electrons. The number of amides is 1. The average Bonchev–Trinajstić information content (AvgIpc) is 2.48. The van der Waals surface area contributed by atoms with Crippen LogP contribution < -0.4 is 0 Å². The van der Waals surface area contributed by atoms with Gasteiger partial charge in [0.25, 0.3) is 10.1 Å². The van der Waals surface area contributed by atoms with Crippen LogP contribution in [0.4, 0.5) is 4.79 Å². The van der Waals surface area contributed by atoms with Gasteiger partial charge in [0, 0.05) is 18.6 Å². The van der Waals surface area contributed by atoms with Gasteiger partial charge in [0.2, 0.25) is 0 Å². The minimum absolute atomic E-state index is 0.0363. The van der Waals surface area contributed by atoms with Crippen LogP contribution in [0.3, 0.4) is 0 Å². The Morgan fingerprint density at radius 1 is 1.33 bits per heavy atom. The summed E-state index contributed by atoms with van der Waals surface area (Å²) in [6.07, 6.45) is -6.82. The van der Waals surface area contributed by atoms with Gasteiger partial charge >= 0.3 is 6.09 Å². The zero-order valence-corrected chi connectivity index (χ0v) is 12.3. The van der Waals surface area contributed by atoms with Crippen molar-refractivity contribution in [2.45, 2.75) is 25.5 Å². The van der Waals surface area contributed by atoms with Crippen molar-refractivity contribution >= 4 is 16.2 Å². The predicted molar refractivity (Wildman–Crippen MR) is 77.2 cm³/mol. The van der Waals surface area contributed by atoms with Crippen LogP contribution in [0, 0.1) is 0 Å². The van der Waals surface area contributed by atoms with E-state index in [2.05, 4.69) is 4.18 Å². The molecule has 0 unspecified atom stereocenters. The van der Waals surface area contributed by atoms with E-state index in [0.29, 0.717) is 0 Å². The molecular formula is C14H19NO5S. The molecule has 1 saturated heterocycles. The Hall–Kier alpha value is -1.60. The van der Waals surface area contributed by atoms with Gasteiger partial charge in [-0.15, -0.1) is 0 Å². The summed E-state index contributed by atoms with van der Waals surface area (Å²) in [4.78, 5) is 13.0. The number of carbonyl (C=O) groups excluding carboxylic acids is 1. The van der Waals surface area contributed by atoms with Crippen molar-refractivity contribution < 1.29 is 27.6 Å². The number of hydrogen-bond donors (Lipinski definition) is 0. The highest BCUT2D eigenvalue weighted by molar-refractivity contribution is 7.86. The second-order valence-electron chi connectivity index (χ2n) is 4.48. The van der Waals surface area contributed by atoms with E-state index in [1.165, 1.54) is 0 Å². The van der Waals surface area contributed by atoms with E-state index in [1.54, 1.807) is 30.3 Å². The molecule has 0 atom stereocenters. The second kappa shape index (κ2) is 6.91. The molecule has 7 heteroatoms. The molecule has 1 heterocycles. The van der Waals surface area contributed by atoms with Crippen molar-refractivity contribution in [3.8, 4) is 0 Å². The Morgan fingerprint density at radius 3 is 2.52 bits per heavy atom. The summed E-state index contributed by atoms with van der Waals surface area (Å²) in [7, 11) is -4.06. The number of ether oxygens (including phenoxy) is 1. The Balaban J connectivity index is 2.08. The van der Waals surface area contributed by atoms with E-state index < -0.39 is 48.2 Å². The van der Waals surface area contributed by atoms with Gasteiger partial charge in [-0.05, 0) is 18.3 Å². The van der Waals surface area contributed by atoms with Crippen molar-refractivity contribution in [2.75, 3.05) is 19.3 Å². The van der Waals surface area contributed by atoms with Gasteiger partial charge < -0.3 is 9.64 Å².